The smallest absolute Gasteiger partial charge is 0.143 e. The first kappa shape index (κ1) is 81.7. The van der Waals surface area contributed by atoms with Crippen molar-refractivity contribution in [3.05, 3.63) is 488 Å². The molecular formula is C135H93N3O3. The molecule has 0 atom stereocenters. The van der Waals surface area contributed by atoms with E-state index in [1.54, 1.807) is 0 Å². The highest BCUT2D eigenvalue weighted by atomic mass is 16.3. The van der Waals surface area contributed by atoms with E-state index in [1.807, 2.05) is 12.1 Å². The van der Waals surface area contributed by atoms with Crippen LogP contribution in [0.25, 0.3) is 248 Å². The van der Waals surface area contributed by atoms with Gasteiger partial charge in [-0.2, -0.15) is 0 Å². The van der Waals surface area contributed by atoms with Crippen LogP contribution in [0.2, 0.25) is 0 Å². The maximum Gasteiger partial charge on any atom is 0.143 e. The lowest BCUT2D eigenvalue weighted by molar-refractivity contribution is 0.653. The minimum Gasteiger partial charge on any atom is -0.455 e. The second-order valence-electron chi connectivity index (χ2n) is 40.0. The van der Waals surface area contributed by atoms with Crippen LogP contribution in [0.5, 0.6) is 0 Å². The predicted molar refractivity (Wildman–Crippen MR) is 589 cm³/mol. The summed E-state index contributed by atoms with van der Waals surface area (Å²) in [6.45, 7) is 14.0. The van der Waals surface area contributed by atoms with Gasteiger partial charge in [0.15, 0.2) is 0 Å². The average Bonchev–Trinajstić information content (AvgIpc) is 1.55. The summed E-state index contributed by atoms with van der Waals surface area (Å²) >= 11 is 0. The predicted octanol–water partition coefficient (Wildman–Crippen LogP) is 37.0. The van der Waals surface area contributed by atoms with Crippen molar-refractivity contribution in [1.29, 1.82) is 0 Å². The fourth-order valence-corrected chi connectivity index (χ4v) is 24.2. The first-order valence-electron chi connectivity index (χ1n) is 49.1. The van der Waals surface area contributed by atoms with Crippen LogP contribution in [-0.4, -0.2) is 13.7 Å². The zero-order valence-corrected chi connectivity index (χ0v) is 78.9. The van der Waals surface area contributed by atoms with Gasteiger partial charge in [-0.25, -0.2) is 0 Å². The molecule has 0 saturated carbocycles. The molecule has 6 nitrogen and oxygen atoms in total. The topological polar surface area (TPSA) is 54.2 Å². The van der Waals surface area contributed by atoms with E-state index in [0.717, 1.165) is 39.2 Å². The monoisotopic (exact) mass is 1800 g/mol. The fourth-order valence-electron chi connectivity index (χ4n) is 24.2. The number of rotatable bonds is 9. The van der Waals surface area contributed by atoms with E-state index < -0.39 is 0 Å². The third-order valence-electron chi connectivity index (χ3n) is 31.2. The molecule has 6 heteroatoms. The van der Waals surface area contributed by atoms with Gasteiger partial charge < -0.3 is 27.0 Å². The Morgan fingerprint density at radius 3 is 0.766 bits per heavy atom. The lowest BCUT2D eigenvalue weighted by Gasteiger charge is -2.22. The van der Waals surface area contributed by atoms with Crippen molar-refractivity contribution in [2.24, 2.45) is 0 Å². The molecule has 0 spiro atoms. The highest BCUT2D eigenvalue weighted by Crippen LogP contribution is 2.58. The SMILES string of the molecule is CC1(C)c2cc(-c3ccc4c(c3)c3cc(-c5ccccc5)ccc3n4-c3ccccc3)ccc2-c2c1ccc1c2oc2ccccc21.CC1(C)c2cc(-c3ccc4c5cc(-c6ccccc6)ccc5n(-c5ccccc5)c4c3)ccc2-c2c1ccc1c2oc2ccccc21.CC1(C)c2ccc(-c3ccc4c(c3)c3cc(-c5ccccc5)ccc3n4-c3ccccc3)cc2-c2c1ccc1c2oc2ccccc21. The molecule has 0 saturated heterocycles. The highest BCUT2D eigenvalue weighted by molar-refractivity contribution is 6.19. The van der Waals surface area contributed by atoms with Crippen LogP contribution in [0.3, 0.4) is 0 Å². The molecule has 0 radical (unpaired) electrons. The molecule has 0 aliphatic heterocycles. The molecule has 21 aromatic carbocycles. The highest BCUT2D eigenvalue weighted by Gasteiger charge is 2.42. The lowest BCUT2D eigenvalue weighted by atomic mass is 9.81. The molecule has 0 N–H and O–H groups in total. The van der Waals surface area contributed by atoms with Crippen LogP contribution in [0.15, 0.2) is 468 Å². The molecule has 6 aromatic heterocycles. The summed E-state index contributed by atoms with van der Waals surface area (Å²) in [6, 6.07) is 165. The summed E-state index contributed by atoms with van der Waals surface area (Å²) in [5.41, 5.74) is 46.3. The summed E-state index contributed by atoms with van der Waals surface area (Å²) in [4.78, 5) is 0. The molecule has 27 aromatic rings. The Morgan fingerprint density at radius 1 is 0.156 bits per heavy atom. The van der Waals surface area contributed by atoms with Crippen LogP contribution >= 0.6 is 0 Å². The molecule has 3 aliphatic carbocycles. The molecule has 0 bridgehead atoms. The normalized spacial score (nSPS) is 13.5. The minimum atomic E-state index is -0.148. The largest absolute Gasteiger partial charge is 0.455 e. The van der Waals surface area contributed by atoms with Gasteiger partial charge in [0, 0.05) is 115 Å². The Hall–Kier alpha value is -17.6. The maximum atomic E-state index is 6.59. The van der Waals surface area contributed by atoms with Crippen LogP contribution in [0.1, 0.15) is 74.9 Å². The van der Waals surface area contributed by atoms with Gasteiger partial charge in [0.2, 0.25) is 0 Å². The van der Waals surface area contributed by atoms with E-state index in [1.165, 1.54) is 243 Å². The zero-order chi connectivity index (χ0) is 93.8. The summed E-state index contributed by atoms with van der Waals surface area (Å²) < 4.78 is 26.8. The number of furan rings is 3. The molecule has 0 unspecified atom stereocenters. The van der Waals surface area contributed by atoms with Crippen molar-refractivity contribution < 1.29 is 13.3 Å². The van der Waals surface area contributed by atoms with Gasteiger partial charge in [-0.05, 0) is 256 Å². The number of benzene rings is 21. The number of fused-ring (bicyclic) bond motifs is 30. The summed E-state index contributed by atoms with van der Waals surface area (Å²) in [5.74, 6) is 0. The molecule has 666 valence electrons. The van der Waals surface area contributed by atoms with Crippen molar-refractivity contribution in [2.45, 2.75) is 57.8 Å². The van der Waals surface area contributed by atoms with Gasteiger partial charge in [-0.15, -0.1) is 0 Å². The standard InChI is InChI=1S/3C45H31NO/c1-45(2)38-21-17-30(27-37(38)43-39(45)22-20-34-33-15-9-10-16-42(33)47-44(34)43)31-19-24-41-36(26-31)35-25-29(28-11-5-3-6-12-28)18-23-40(35)46(41)32-13-7-4-8-14-32;1-45(2)38-22-21-34-33-15-9-10-16-42(33)47-44(34)43(38)35-20-17-31(27-39(35)45)30-19-24-41-37(26-30)36-25-29(28-11-5-3-6-12-28)18-23-40(36)46(41)32-13-7-4-8-14-32;1-45(2)38-23-22-35-34-15-9-10-16-42(34)47-44(35)43(38)36-21-18-30(26-39(36)45)31-17-20-33-37-25-29(28-11-5-3-6-12-28)19-24-40(37)46(41(33)27-31)32-13-7-4-8-14-32/h3*3-27H,1-2H3. The van der Waals surface area contributed by atoms with Crippen LogP contribution in [0, 0.1) is 0 Å². The minimum absolute atomic E-state index is 0.114. The van der Waals surface area contributed by atoms with E-state index in [2.05, 4.69) is 498 Å². The van der Waals surface area contributed by atoms with Crippen molar-refractivity contribution in [3.8, 4) is 117 Å². The lowest BCUT2D eigenvalue weighted by Crippen LogP contribution is -2.14. The second kappa shape index (κ2) is 31.2. The zero-order valence-electron chi connectivity index (χ0n) is 78.9. The molecule has 0 fully saturated rings. The van der Waals surface area contributed by atoms with E-state index >= 15 is 0 Å². The Kier molecular flexibility index (Phi) is 18.1. The molecule has 6 heterocycles. The van der Waals surface area contributed by atoms with Gasteiger partial charge >= 0.3 is 0 Å². The Labute approximate surface area is 815 Å². The number of hydrogen-bond donors (Lipinski definition) is 0. The Bertz CT molecular complexity index is 9860. The van der Waals surface area contributed by atoms with Crippen molar-refractivity contribution in [3.63, 3.8) is 0 Å². The average molecular weight is 1810 g/mol. The fraction of sp³-hybridized carbons (Fsp3) is 0.0667. The van der Waals surface area contributed by atoms with Gasteiger partial charge in [0.1, 0.15) is 33.5 Å². The van der Waals surface area contributed by atoms with Crippen LogP contribution in [0.4, 0.5) is 0 Å². The molecule has 141 heavy (non-hydrogen) atoms. The van der Waals surface area contributed by atoms with E-state index in [0.29, 0.717) is 0 Å². The second-order valence-corrected chi connectivity index (χ2v) is 40.0. The van der Waals surface area contributed by atoms with E-state index in [4.69, 9.17) is 13.3 Å². The molecule has 30 rings (SSSR count). The summed E-state index contributed by atoms with van der Waals surface area (Å²) in [5, 5.41) is 14.6. The number of para-hydroxylation sites is 6. The maximum absolute atomic E-state index is 6.59. The third-order valence-corrected chi connectivity index (χ3v) is 31.2. The van der Waals surface area contributed by atoms with Crippen molar-refractivity contribution >= 4 is 131 Å². The number of nitrogens with zero attached hydrogens (tertiary/aromatic N) is 3. The first-order chi connectivity index (χ1) is 69.2. The van der Waals surface area contributed by atoms with Crippen LogP contribution in [-0.2, 0) is 16.2 Å². The van der Waals surface area contributed by atoms with E-state index in [9.17, 15) is 0 Å². The van der Waals surface area contributed by atoms with E-state index in [-0.39, 0.29) is 16.2 Å². The molecular weight excluding hydrogens is 1710 g/mol. The van der Waals surface area contributed by atoms with Crippen molar-refractivity contribution in [1.82, 2.24) is 13.7 Å². The Balaban J connectivity index is 0.000000104. The van der Waals surface area contributed by atoms with Crippen LogP contribution < -0.4 is 0 Å². The summed E-state index contributed by atoms with van der Waals surface area (Å²) in [7, 11) is 0. The van der Waals surface area contributed by atoms with Gasteiger partial charge in [-0.1, -0.05) is 357 Å². The Morgan fingerprint density at radius 2 is 0.404 bits per heavy atom. The van der Waals surface area contributed by atoms with Crippen molar-refractivity contribution in [2.75, 3.05) is 0 Å². The molecule has 0 amide bonds. The number of hydrogen-bond acceptors (Lipinski definition) is 3. The van der Waals surface area contributed by atoms with Gasteiger partial charge in [-0.3, -0.25) is 0 Å². The van der Waals surface area contributed by atoms with Gasteiger partial charge in [0.25, 0.3) is 0 Å². The molecule has 3 aliphatic rings. The summed E-state index contributed by atoms with van der Waals surface area (Å²) in [6.07, 6.45) is 0. The third kappa shape index (κ3) is 12.6. The first-order valence-corrected chi connectivity index (χ1v) is 49.1. The van der Waals surface area contributed by atoms with Gasteiger partial charge in [0.05, 0.1) is 33.1 Å². The quantitative estimate of drug-likeness (QED) is 0.145. The number of aromatic nitrogens is 3.